The zero-order chi connectivity index (χ0) is 21.5. The minimum Gasteiger partial charge on any atom is -0.424 e. The van der Waals surface area contributed by atoms with E-state index in [4.69, 9.17) is 4.74 Å². The second kappa shape index (κ2) is 9.60. The number of carbonyl (C=O) groups is 2. The third kappa shape index (κ3) is 6.37. The van der Waals surface area contributed by atoms with Crippen molar-refractivity contribution in [2.24, 2.45) is 0 Å². The summed E-state index contributed by atoms with van der Waals surface area (Å²) in [5.41, 5.74) is 2.67. The summed E-state index contributed by atoms with van der Waals surface area (Å²) in [4.78, 5) is 32.4. The molecule has 0 saturated heterocycles. The number of hydrogen-bond acceptors (Lipinski definition) is 5. The molecule has 154 valence electrons. The van der Waals surface area contributed by atoms with Crippen LogP contribution in [0, 0.1) is 19.7 Å². The average Bonchev–Trinajstić information content (AvgIpc) is 2.69. The smallest absolute Gasteiger partial charge is 0.322 e. The van der Waals surface area contributed by atoms with Gasteiger partial charge in [-0.15, -0.1) is 0 Å². The van der Waals surface area contributed by atoms with Crippen molar-refractivity contribution in [1.82, 2.24) is 9.97 Å². The molecule has 1 aromatic heterocycles. The van der Waals surface area contributed by atoms with E-state index < -0.39 is 0 Å². The summed E-state index contributed by atoms with van der Waals surface area (Å²) in [6.45, 7) is 3.72. The zero-order valence-electron chi connectivity index (χ0n) is 16.6. The Balaban J connectivity index is 1.47. The number of ether oxygens (including phenoxy) is 1. The van der Waals surface area contributed by atoms with E-state index in [2.05, 4.69) is 20.6 Å². The Kier molecular flexibility index (Phi) is 6.69. The lowest BCUT2D eigenvalue weighted by atomic mass is 10.2. The van der Waals surface area contributed by atoms with Crippen molar-refractivity contribution >= 4 is 23.2 Å². The Morgan fingerprint density at radius 1 is 0.833 bits per heavy atom. The van der Waals surface area contributed by atoms with Gasteiger partial charge < -0.3 is 15.4 Å². The third-order valence-corrected chi connectivity index (χ3v) is 4.02. The molecule has 3 aromatic rings. The molecular formula is C22H21FN4O3. The molecule has 0 fully saturated rings. The first-order chi connectivity index (χ1) is 14.4. The Hall–Kier alpha value is -3.81. The zero-order valence-corrected chi connectivity index (χ0v) is 16.6. The standard InChI is InChI=1S/C22H21FN4O3/c1-14-13-15(2)25-22(24-14)30-19-9-7-18(8-10-19)27-21(29)12-11-20(28)26-17-5-3-16(23)4-6-17/h3-10,13H,11-12H2,1-2H3,(H,26,28)(H,27,29). The van der Waals surface area contributed by atoms with Gasteiger partial charge >= 0.3 is 6.01 Å². The molecule has 2 amide bonds. The molecule has 2 N–H and O–H groups in total. The highest BCUT2D eigenvalue weighted by molar-refractivity contribution is 5.96. The minimum atomic E-state index is -0.384. The summed E-state index contributed by atoms with van der Waals surface area (Å²) < 4.78 is 18.5. The van der Waals surface area contributed by atoms with Gasteiger partial charge in [-0.1, -0.05) is 0 Å². The van der Waals surface area contributed by atoms with Gasteiger partial charge in [-0.25, -0.2) is 14.4 Å². The van der Waals surface area contributed by atoms with Gasteiger partial charge in [-0.05, 0) is 68.4 Å². The number of nitrogens with zero attached hydrogens (tertiary/aromatic N) is 2. The van der Waals surface area contributed by atoms with Crippen molar-refractivity contribution in [3.63, 3.8) is 0 Å². The molecular weight excluding hydrogens is 387 g/mol. The van der Waals surface area contributed by atoms with Crippen molar-refractivity contribution in [2.45, 2.75) is 26.7 Å². The van der Waals surface area contributed by atoms with Crippen LogP contribution in [0.15, 0.2) is 54.6 Å². The number of nitrogens with one attached hydrogen (secondary N) is 2. The van der Waals surface area contributed by atoms with Gasteiger partial charge in [0.05, 0.1) is 0 Å². The van der Waals surface area contributed by atoms with E-state index in [9.17, 15) is 14.0 Å². The normalized spacial score (nSPS) is 10.4. The second-order valence-electron chi connectivity index (χ2n) is 6.66. The van der Waals surface area contributed by atoms with Gasteiger partial charge in [-0.2, -0.15) is 0 Å². The molecule has 0 aliphatic rings. The monoisotopic (exact) mass is 408 g/mol. The summed E-state index contributed by atoms with van der Waals surface area (Å²) in [5.74, 6) is -0.466. The van der Waals surface area contributed by atoms with Gasteiger partial charge in [0.25, 0.3) is 0 Å². The predicted molar refractivity (Wildman–Crippen MR) is 111 cm³/mol. The van der Waals surface area contributed by atoms with Crippen molar-refractivity contribution in [3.8, 4) is 11.8 Å². The van der Waals surface area contributed by atoms with Gasteiger partial charge in [0.15, 0.2) is 0 Å². The fourth-order valence-corrected chi connectivity index (χ4v) is 2.66. The number of anilines is 2. The molecule has 0 bridgehead atoms. The molecule has 30 heavy (non-hydrogen) atoms. The van der Waals surface area contributed by atoms with Gasteiger partial charge in [-0.3, -0.25) is 9.59 Å². The van der Waals surface area contributed by atoms with Gasteiger partial charge in [0.2, 0.25) is 11.8 Å². The topological polar surface area (TPSA) is 93.2 Å². The van der Waals surface area contributed by atoms with E-state index in [-0.39, 0.29) is 36.5 Å². The molecule has 1 heterocycles. The molecule has 2 aromatic carbocycles. The molecule has 0 spiro atoms. The molecule has 0 saturated carbocycles. The Morgan fingerprint density at radius 3 is 1.80 bits per heavy atom. The average molecular weight is 408 g/mol. The summed E-state index contributed by atoms with van der Waals surface area (Å²) in [7, 11) is 0. The van der Waals surface area contributed by atoms with Crippen LogP contribution in [0.2, 0.25) is 0 Å². The first-order valence-corrected chi connectivity index (χ1v) is 9.33. The first kappa shape index (κ1) is 20.9. The Labute approximate surface area is 173 Å². The highest BCUT2D eigenvalue weighted by Crippen LogP contribution is 2.21. The maximum absolute atomic E-state index is 12.9. The van der Waals surface area contributed by atoms with Crippen LogP contribution < -0.4 is 15.4 Å². The summed E-state index contributed by atoms with van der Waals surface area (Å²) >= 11 is 0. The van der Waals surface area contributed by atoms with E-state index >= 15 is 0 Å². The van der Waals surface area contributed by atoms with E-state index in [1.54, 1.807) is 24.3 Å². The van der Waals surface area contributed by atoms with Crippen LogP contribution in [0.5, 0.6) is 11.8 Å². The lowest BCUT2D eigenvalue weighted by Crippen LogP contribution is -2.17. The van der Waals surface area contributed by atoms with Crippen LogP contribution in [0.4, 0.5) is 15.8 Å². The van der Waals surface area contributed by atoms with Crippen molar-refractivity contribution in [1.29, 1.82) is 0 Å². The molecule has 3 rings (SSSR count). The Bertz CT molecular complexity index is 1020. The minimum absolute atomic E-state index is 0.00839. The van der Waals surface area contributed by atoms with E-state index in [1.807, 2.05) is 19.9 Å². The number of benzene rings is 2. The molecule has 0 radical (unpaired) electrons. The summed E-state index contributed by atoms with van der Waals surface area (Å²) in [5, 5.41) is 5.34. The molecule has 7 nitrogen and oxygen atoms in total. The largest absolute Gasteiger partial charge is 0.424 e. The van der Waals surface area contributed by atoms with Crippen LogP contribution >= 0.6 is 0 Å². The van der Waals surface area contributed by atoms with Crippen LogP contribution in [0.25, 0.3) is 0 Å². The fourth-order valence-electron chi connectivity index (χ4n) is 2.66. The lowest BCUT2D eigenvalue weighted by molar-refractivity contribution is -0.121. The number of hydrogen-bond donors (Lipinski definition) is 2. The second-order valence-corrected chi connectivity index (χ2v) is 6.66. The maximum atomic E-state index is 12.9. The van der Waals surface area contributed by atoms with Crippen LogP contribution in [0.3, 0.4) is 0 Å². The van der Waals surface area contributed by atoms with Crippen molar-refractivity contribution in [3.05, 3.63) is 71.8 Å². The van der Waals surface area contributed by atoms with Crippen LogP contribution in [0.1, 0.15) is 24.2 Å². The van der Waals surface area contributed by atoms with E-state index in [0.717, 1.165) is 11.4 Å². The fraction of sp³-hybridized carbons (Fsp3) is 0.182. The highest BCUT2D eigenvalue weighted by Gasteiger charge is 2.09. The van der Waals surface area contributed by atoms with Crippen LogP contribution in [-0.2, 0) is 9.59 Å². The SMILES string of the molecule is Cc1cc(C)nc(Oc2ccc(NC(=O)CCC(=O)Nc3ccc(F)cc3)cc2)n1. The summed E-state index contributed by atoms with van der Waals surface area (Å²) in [6.07, 6.45) is 0.0239. The highest BCUT2D eigenvalue weighted by atomic mass is 19.1. The Morgan fingerprint density at radius 2 is 1.30 bits per heavy atom. The summed E-state index contributed by atoms with van der Waals surface area (Å²) in [6, 6.07) is 14.3. The molecule has 0 unspecified atom stereocenters. The number of aryl methyl sites for hydroxylation is 2. The third-order valence-electron chi connectivity index (χ3n) is 4.02. The number of rotatable bonds is 7. The van der Waals surface area contributed by atoms with Gasteiger partial charge in [0, 0.05) is 35.6 Å². The van der Waals surface area contributed by atoms with Crippen molar-refractivity contribution in [2.75, 3.05) is 10.6 Å². The maximum Gasteiger partial charge on any atom is 0.322 e. The lowest BCUT2D eigenvalue weighted by Gasteiger charge is -2.08. The number of aromatic nitrogens is 2. The number of halogens is 1. The first-order valence-electron chi connectivity index (χ1n) is 9.33. The molecule has 0 atom stereocenters. The quantitative estimate of drug-likeness (QED) is 0.605. The van der Waals surface area contributed by atoms with E-state index in [0.29, 0.717) is 17.1 Å². The molecule has 8 heteroatoms. The van der Waals surface area contributed by atoms with Crippen molar-refractivity contribution < 1.29 is 18.7 Å². The van der Waals surface area contributed by atoms with Crippen LogP contribution in [-0.4, -0.2) is 21.8 Å². The van der Waals surface area contributed by atoms with Gasteiger partial charge in [0.1, 0.15) is 11.6 Å². The number of amides is 2. The molecule has 0 aliphatic carbocycles. The molecule has 0 aliphatic heterocycles. The number of carbonyl (C=O) groups excluding carboxylic acids is 2. The van der Waals surface area contributed by atoms with E-state index in [1.165, 1.54) is 24.3 Å². The predicted octanol–water partition coefficient (Wildman–Crippen LogP) is 4.38.